The molecule has 1 aliphatic rings. The fourth-order valence-electron chi connectivity index (χ4n) is 5.00. The van der Waals surface area contributed by atoms with Crippen LogP contribution in [0.3, 0.4) is 0 Å². The molecule has 4 aromatic rings. The molecule has 2 amide bonds. The molecule has 4 N–H and O–H groups in total. The van der Waals surface area contributed by atoms with Gasteiger partial charge in [0.15, 0.2) is 5.82 Å². The highest BCUT2D eigenvalue weighted by Crippen LogP contribution is 2.30. The smallest absolute Gasteiger partial charge is 0.253 e. The summed E-state index contributed by atoms with van der Waals surface area (Å²) in [5, 5.41) is 1.17. The summed E-state index contributed by atoms with van der Waals surface area (Å²) in [6.07, 6.45) is 0.486. The number of benzene rings is 2. The number of nitrogens with zero attached hydrogens (tertiary/aromatic N) is 4. The molecular formula is C25H29ClN6O2. The third kappa shape index (κ3) is 3.82. The zero-order chi connectivity index (χ0) is 23.3. The molecule has 0 radical (unpaired) electrons. The number of imidazole rings is 1. The lowest BCUT2D eigenvalue weighted by Gasteiger charge is -2.35. The lowest BCUT2D eigenvalue weighted by atomic mass is 9.91. The van der Waals surface area contributed by atoms with Gasteiger partial charge in [-0.15, -0.1) is 12.4 Å². The highest BCUT2D eigenvalue weighted by Gasteiger charge is 2.32. The molecule has 34 heavy (non-hydrogen) atoms. The van der Waals surface area contributed by atoms with Crippen molar-refractivity contribution in [2.45, 2.75) is 25.9 Å². The first kappa shape index (κ1) is 23.8. The number of hydrogen-bond acceptors (Lipinski definition) is 4. The minimum absolute atomic E-state index is 0. The van der Waals surface area contributed by atoms with Crippen LogP contribution in [0.2, 0.25) is 0 Å². The van der Waals surface area contributed by atoms with E-state index in [1.54, 1.807) is 4.90 Å². The number of halogens is 1. The number of aryl methyl sites for hydroxylation is 2. The minimum Gasteiger partial charge on any atom is -0.369 e. The van der Waals surface area contributed by atoms with E-state index in [1.165, 1.54) is 10.9 Å². The first-order valence-electron chi connectivity index (χ1n) is 11.3. The summed E-state index contributed by atoms with van der Waals surface area (Å²) in [5.74, 6) is -0.0381. The number of para-hydroxylation sites is 1. The van der Waals surface area contributed by atoms with Crippen LogP contribution in [0.4, 0.5) is 0 Å². The molecule has 178 valence electrons. The molecule has 3 heterocycles. The van der Waals surface area contributed by atoms with Gasteiger partial charge in [-0.2, -0.15) is 0 Å². The van der Waals surface area contributed by atoms with Crippen LogP contribution in [0.5, 0.6) is 0 Å². The summed E-state index contributed by atoms with van der Waals surface area (Å²) >= 11 is 0. The maximum Gasteiger partial charge on any atom is 0.253 e. The number of carbonyl (C=O) groups excluding carboxylic acids is 2. The van der Waals surface area contributed by atoms with Crippen LogP contribution >= 0.6 is 12.4 Å². The molecule has 0 bridgehead atoms. The second kappa shape index (κ2) is 9.12. The van der Waals surface area contributed by atoms with Crippen LogP contribution in [-0.2, 0) is 18.4 Å². The Bertz CT molecular complexity index is 1390. The predicted molar refractivity (Wildman–Crippen MR) is 136 cm³/mol. The van der Waals surface area contributed by atoms with Crippen molar-refractivity contribution in [2.75, 3.05) is 13.1 Å². The van der Waals surface area contributed by atoms with Gasteiger partial charge in [0.25, 0.3) is 5.91 Å². The highest BCUT2D eigenvalue weighted by molar-refractivity contribution is 5.98. The topological polar surface area (TPSA) is 112 Å². The summed E-state index contributed by atoms with van der Waals surface area (Å²) in [7, 11) is 2.00. The molecular weight excluding hydrogens is 452 g/mol. The van der Waals surface area contributed by atoms with Gasteiger partial charge in [-0.1, -0.05) is 18.2 Å². The third-order valence-electron chi connectivity index (χ3n) is 6.79. The van der Waals surface area contributed by atoms with Crippen molar-refractivity contribution in [1.29, 1.82) is 0 Å². The van der Waals surface area contributed by atoms with Gasteiger partial charge in [0.1, 0.15) is 0 Å². The van der Waals surface area contributed by atoms with Gasteiger partial charge in [0.05, 0.1) is 22.6 Å². The summed E-state index contributed by atoms with van der Waals surface area (Å²) < 4.78 is 4.32. The largest absolute Gasteiger partial charge is 0.369 e. The number of hydrogen-bond donors (Lipinski definition) is 2. The number of carbonyl (C=O) groups is 2. The number of primary amides is 1. The molecule has 5 rings (SSSR count). The number of rotatable bonds is 4. The molecule has 2 aromatic carbocycles. The van der Waals surface area contributed by atoms with Crippen molar-refractivity contribution < 1.29 is 9.59 Å². The van der Waals surface area contributed by atoms with E-state index in [0.717, 1.165) is 29.1 Å². The number of fused-ring (bicyclic) bond motifs is 2. The molecule has 2 atom stereocenters. The Morgan fingerprint density at radius 2 is 1.88 bits per heavy atom. The molecule has 1 saturated heterocycles. The Morgan fingerprint density at radius 1 is 1.12 bits per heavy atom. The molecule has 0 saturated carbocycles. The van der Waals surface area contributed by atoms with Crippen LogP contribution in [0.15, 0.2) is 48.5 Å². The summed E-state index contributed by atoms with van der Waals surface area (Å²) in [4.78, 5) is 31.3. The lowest BCUT2D eigenvalue weighted by molar-refractivity contribution is -0.123. The molecule has 8 nitrogen and oxygen atoms in total. The molecule has 0 aliphatic carbocycles. The van der Waals surface area contributed by atoms with Gasteiger partial charge in [-0.25, -0.2) is 4.98 Å². The maximum absolute atomic E-state index is 13.2. The van der Waals surface area contributed by atoms with Gasteiger partial charge in [0, 0.05) is 49.2 Å². The minimum atomic E-state index is -0.443. The van der Waals surface area contributed by atoms with E-state index in [4.69, 9.17) is 16.5 Å². The van der Waals surface area contributed by atoms with Gasteiger partial charge in [-0.05, 0) is 43.7 Å². The van der Waals surface area contributed by atoms with Crippen molar-refractivity contribution in [1.82, 2.24) is 19.0 Å². The zero-order valence-electron chi connectivity index (χ0n) is 19.3. The van der Waals surface area contributed by atoms with E-state index in [1.807, 2.05) is 37.4 Å². The Balaban J connectivity index is 0.00000274. The fraction of sp³-hybridized carbons (Fsp3) is 0.320. The second-order valence-electron chi connectivity index (χ2n) is 8.74. The van der Waals surface area contributed by atoms with Gasteiger partial charge < -0.3 is 25.5 Å². The Morgan fingerprint density at radius 3 is 2.59 bits per heavy atom. The highest BCUT2D eigenvalue weighted by atomic mass is 35.5. The number of nitrogens with two attached hydrogens (primary N) is 2. The predicted octanol–water partition coefficient (Wildman–Crippen LogP) is 2.91. The third-order valence-corrected chi connectivity index (χ3v) is 6.79. The van der Waals surface area contributed by atoms with Gasteiger partial charge in [0.2, 0.25) is 5.91 Å². The standard InChI is InChI=1S/C25H28N6O2.ClH/c1-3-31-20-7-5-4-6-15(20)13-22(31)24-28-19-12-16(8-9-21(19)29(24)2)25(33)30-11-10-17(23(27)32)18(26)14-30;/h4-9,12-13,17-18H,3,10-11,14,26H2,1-2H3,(H2,27,32);1H/t17-,18+;/m1./s1. The van der Waals surface area contributed by atoms with Crippen molar-refractivity contribution in [2.24, 2.45) is 24.4 Å². The average Bonchev–Trinajstić information content (AvgIpc) is 3.35. The number of amides is 2. The van der Waals surface area contributed by atoms with E-state index >= 15 is 0 Å². The van der Waals surface area contributed by atoms with E-state index in [-0.39, 0.29) is 24.2 Å². The summed E-state index contributed by atoms with van der Waals surface area (Å²) in [6.45, 7) is 3.73. The number of piperidine rings is 1. The van der Waals surface area contributed by atoms with Crippen molar-refractivity contribution in [3.63, 3.8) is 0 Å². The first-order valence-corrected chi connectivity index (χ1v) is 11.3. The average molecular weight is 481 g/mol. The second-order valence-corrected chi connectivity index (χ2v) is 8.74. The Labute approximate surface area is 203 Å². The number of likely N-dealkylation sites (tertiary alicyclic amines) is 1. The van der Waals surface area contributed by atoms with Crippen LogP contribution in [0, 0.1) is 5.92 Å². The molecule has 0 unspecified atom stereocenters. The molecule has 9 heteroatoms. The zero-order valence-corrected chi connectivity index (χ0v) is 20.1. The van der Waals surface area contributed by atoms with Crippen molar-refractivity contribution >= 4 is 46.2 Å². The molecule has 0 spiro atoms. The van der Waals surface area contributed by atoms with E-state index in [0.29, 0.717) is 25.1 Å². The normalized spacial score (nSPS) is 18.3. The van der Waals surface area contributed by atoms with E-state index in [2.05, 4.69) is 34.3 Å². The molecule has 1 aliphatic heterocycles. The summed E-state index contributed by atoms with van der Waals surface area (Å²) in [5.41, 5.74) is 16.0. The van der Waals surface area contributed by atoms with Crippen molar-refractivity contribution in [3.8, 4) is 11.5 Å². The monoisotopic (exact) mass is 480 g/mol. The first-order chi connectivity index (χ1) is 15.9. The molecule has 1 fully saturated rings. The van der Waals surface area contributed by atoms with Crippen LogP contribution in [-0.4, -0.2) is 50.0 Å². The lowest BCUT2D eigenvalue weighted by Crippen LogP contribution is -2.53. The van der Waals surface area contributed by atoms with Crippen LogP contribution in [0.1, 0.15) is 23.7 Å². The van der Waals surface area contributed by atoms with Crippen LogP contribution in [0.25, 0.3) is 33.5 Å². The van der Waals surface area contributed by atoms with Crippen molar-refractivity contribution in [3.05, 3.63) is 54.1 Å². The van der Waals surface area contributed by atoms with Crippen LogP contribution < -0.4 is 11.5 Å². The fourth-order valence-corrected chi connectivity index (χ4v) is 5.00. The SMILES string of the molecule is CCn1c(-c2nc3cc(C(=O)N4CC[C@@H](C(N)=O)[C@@H](N)C4)ccc3n2C)cc2ccccc21.Cl. The maximum atomic E-state index is 13.2. The molecule has 2 aromatic heterocycles. The summed E-state index contributed by atoms with van der Waals surface area (Å²) in [6, 6.07) is 15.6. The Hall–Kier alpha value is -3.36. The Kier molecular flexibility index (Phi) is 6.38. The van der Waals surface area contributed by atoms with Gasteiger partial charge in [-0.3, -0.25) is 9.59 Å². The van der Waals surface area contributed by atoms with E-state index < -0.39 is 11.9 Å². The van der Waals surface area contributed by atoms with E-state index in [9.17, 15) is 9.59 Å². The number of aromatic nitrogens is 3. The quantitative estimate of drug-likeness (QED) is 0.467. The van der Waals surface area contributed by atoms with Gasteiger partial charge >= 0.3 is 0 Å².